The molecule has 1 heterocycles. The molecule has 0 atom stereocenters. The summed E-state index contributed by atoms with van der Waals surface area (Å²) < 4.78 is 26.4. The molecule has 1 N–H and O–H groups in total. The second-order valence-corrected chi connectivity index (χ2v) is 7.56. The third-order valence-corrected chi connectivity index (χ3v) is 5.04. The number of nitrogens with one attached hydrogen (secondary N) is 1. The van der Waals surface area contributed by atoms with Crippen molar-refractivity contribution in [3.8, 4) is 0 Å². The summed E-state index contributed by atoms with van der Waals surface area (Å²) in [7, 11) is 1.52. The molecule has 0 unspecified atom stereocenters. The van der Waals surface area contributed by atoms with Crippen molar-refractivity contribution in [2.24, 2.45) is 0 Å². The molecule has 21 heavy (non-hydrogen) atoms. The minimum Gasteiger partial charge on any atom is -0.321 e. The molecular formula is C12H12ClN3O3S2. The Morgan fingerprint density at radius 1 is 1.43 bits per heavy atom. The van der Waals surface area contributed by atoms with Gasteiger partial charge in [0.15, 0.2) is 0 Å². The number of hydrogen-bond donors (Lipinski definition) is 1. The van der Waals surface area contributed by atoms with Crippen LogP contribution in [-0.4, -0.2) is 23.9 Å². The van der Waals surface area contributed by atoms with E-state index in [9.17, 15) is 13.2 Å². The molecule has 9 heteroatoms. The summed E-state index contributed by atoms with van der Waals surface area (Å²) in [5, 5.41) is 6.56. The fraction of sp³-hybridized carbons (Fsp3) is 0.250. The van der Waals surface area contributed by atoms with E-state index in [4.69, 9.17) is 10.7 Å². The van der Waals surface area contributed by atoms with Gasteiger partial charge in [-0.1, -0.05) is 11.4 Å². The van der Waals surface area contributed by atoms with Gasteiger partial charge in [0.1, 0.15) is 4.88 Å². The van der Waals surface area contributed by atoms with E-state index in [2.05, 4.69) is 14.9 Å². The van der Waals surface area contributed by atoms with Crippen molar-refractivity contribution < 1.29 is 13.2 Å². The summed E-state index contributed by atoms with van der Waals surface area (Å²) in [6.45, 7) is 3.49. The highest BCUT2D eigenvalue weighted by Crippen LogP contribution is 2.23. The lowest BCUT2D eigenvalue weighted by Gasteiger charge is -2.07. The Morgan fingerprint density at radius 2 is 2.14 bits per heavy atom. The van der Waals surface area contributed by atoms with Crippen molar-refractivity contribution in [1.29, 1.82) is 0 Å². The van der Waals surface area contributed by atoms with Crippen LogP contribution in [0.1, 0.15) is 27.9 Å². The standard InChI is InChI=1S/C12H12ClN3O3S2/c1-3-9-11(20-16-15-9)12(17)14-8-4-5-10(7(2)6-8)21(13,18)19/h4-6H,3H2,1-2H3,(H,14,17). The van der Waals surface area contributed by atoms with Crippen LogP contribution < -0.4 is 5.32 Å². The van der Waals surface area contributed by atoms with Gasteiger partial charge < -0.3 is 5.32 Å². The normalized spacial score (nSPS) is 11.4. The van der Waals surface area contributed by atoms with E-state index in [-0.39, 0.29) is 10.8 Å². The molecule has 0 saturated carbocycles. The van der Waals surface area contributed by atoms with Crippen molar-refractivity contribution in [3.05, 3.63) is 34.3 Å². The summed E-state index contributed by atoms with van der Waals surface area (Å²) in [6.07, 6.45) is 0.613. The lowest BCUT2D eigenvalue weighted by Crippen LogP contribution is -2.12. The van der Waals surface area contributed by atoms with Crippen LogP contribution >= 0.6 is 22.2 Å². The van der Waals surface area contributed by atoms with E-state index in [1.165, 1.54) is 12.1 Å². The first kappa shape index (κ1) is 15.9. The molecule has 2 rings (SSSR count). The number of carbonyl (C=O) groups excluding carboxylic acids is 1. The van der Waals surface area contributed by atoms with Gasteiger partial charge in [-0.05, 0) is 48.6 Å². The molecule has 0 bridgehead atoms. The number of carbonyl (C=O) groups is 1. The number of benzene rings is 1. The molecule has 1 amide bonds. The van der Waals surface area contributed by atoms with Crippen molar-refractivity contribution in [2.45, 2.75) is 25.2 Å². The molecule has 0 aliphatic rings. The lowest BCUT2D eigenvalue weighted by molar-refractivity contribution is 0.102. The lowest BCUT2D eigenvalue weighted by atomic mass is 10.2. The smallest absolute Gasteiger partial charge is 0.269 e. The van der Waals surface area contributed by atoms with Crippen LogP contribution in [0.3, 0.4) is 0 Å². The Kier molecular flexibility index (Phi) is 4.60. The number of amides is 1. The topological polar surface area (TPSA) is 89.0 Å². The van der Waals surface area contributed by atoms with Gasteiger partial charge in [-0.2, -0.15) is 0 Å². The van der Waals surface area contributed by atoms with Gasteiger partial charge in [-0.25, -0.2) is 8.42 Å². The van der Waals surface area contributed by atoms with Gasteiger partial charge >= 0.3 is 0 Å². The number of rotatable bonds is 4. The Labute approximate surface area is 130 Å². The monoisotopic (exact) mass is 345 g/mol. The summed E-state index contributed by atoms with van der Waals surface area (Å²) in [5.74, 6) is -0.317. The zero-order chi connectivity index (χ0) is 15.6. The fourth-order valence-electron chi connectivity index (χ4n) is 1.80. The zero-order valence-corrected chi connectivity index (χ0v) is 13.6. The van der Waals surface area contributed by atoms with Gasteiger partial charge in [-0.15, -0.1) is 5.10 Å². The molecule has 0 spiro atoms. The molecular weight excluding hydrogens is 334 g/mol. The van der Waals surface area contributed by atoms with E-state index in [1.807, 2.05) is 6.92 Å². The largest absolute Gasteiger partial charge is 0.321 e. The number of aryl methyl sites for hydroxylation is 2. The molecule has 0 aliphatic carbocycles. The van der Waals surface area contributed by atoms with Gasteiger partial charge in [0, 0.05) is 16.4 Å². The van der Waals surface area contributed by atoms with Crippen molar-refractivity contribution in [3.63, 3.8) is 0 Å². The Bertz CT molecular complexity index is 787. The van der Waals surface area contributed by atoms with Gasteiger partial charge in [0.2, 0.25) is 0 Å². The maximum Gasteiger partial charge on any atom is 0.269 e. The second kappa shape index (κ2) is 6.08. The van der Waals surface area contributed by atoms with Crippen LogP contribution in [0.2, 0.25) is 0 Å². The zero-order valence-electron chi connectivity index (χ0n) is 11.3. The minimum absolute atomic E-state index is 0.0240. The summed E-state index contributed by atoms with van der Waals surface area (Å²) in [5.41, 5.74) is 1.58. The molecule has 1 aromatic heterocycles. The summed E-state index contributed by atoms with van der Waals surface area (Å²) in [6, 6.07) is 4.40. The fourth-order valence-corrected chi connectivity index (χ4v) is 3.64. The second-order valence-electron chi connectivity index (χ2n) is 4.27. The third-order valence-electron chi connectivity index (χ3n) is 2.79. The number of hydrogen-bond acceptors (Lipinski definition) is 6. The van der Waals surface area contributed by atoms with Crippen LogP contribution in [-0.2, 0) is 15.5 Å². The van der Waals surface area contributed by atoms with E-state index >= 15 is 0 Å². The Hall–Kier alpha value is -1.51. The van der Waals surface area contributed by atoms with Crippen molar-refractivity contribution in [2.75, 3.05) is 5.32 Å². The van der Waals surface area contributed by atoms with Gasteiger partial charge in [-0.3, -0.25) is 4.79 Å². The minimum atomic E-state index is -3.79. The van der Waals surface area contributed by atoms with Crippen molar-refractivity contribution in [1.82, 2.24) is 9.59 Å². The predicted molar refractivity (Wildman–Crippen MR) is 81.5 cm³/mol. The average molecular weight is 346 g/mol. The molecule has 2 aromatic rings. The summed E-state index contributed by atoms with van der Waals surface area (Å²) >= 11 is 1.02. The summed E-state index contributed by atoms with van der Waals surface area (Å²) in [4.78, 5) is 12.6. The first-order chi connectivity index (χ1) is 9.82. The van der Waals surface area contributed by atoms with Crippen LogP contribution in [0.5, 0.6) is 0 Å². The van der Waals surface area contributed by atoms with E-state index in [0.29, 0.717) is 28.2 Å². The molecule has 0 radical (unpaired) electrons. The quantitative estimate of drug-likeness (QED) is 0.860. The highest BCUT2D eigenvalue weighted by Gasteiger charge is 2.17. The van der Waals surface area contributed by atoms with E-state index < -0.39 is 9.05 Å². The maximum absolute atomic E-state index is 12.1. The van der Waals surface area contributed by atoms with Crippen LogP contribution in [0.15, 0.2) is 23.1 Å². The Balaban J connectivity index is 2.25. The molecule has 0 fully saturated rings. The van der Waals surface area contributed by atoms with Crippen LogP contribution in [0, 0.1) is 6.92 Å². The number of nitrogens with zero attached hydrogens (tertiary/aromatic N) is 2. The van der Waals surface area contributed by atoms with Crippen LogP contribution in [0.25, 0.3) is 0 Å². The molecule has 6 nitrogen and oxygen atoms in total. The van der Waals surface area contributed by atoms with Gasteiger partial charge in [0.25, 0.3) is 15.0 Å². The average Bonchev–Trinajstić information content (AvgIpc) is 2.85. The third kappa shape index (κ3) is 3.58. The highest BCUT2D eigenvalue weighted by atomic mass is 35.7. The molecule has 1 aromatic carbocycles. The maximum atomic E-state index is 12.1. The SMILES string of the molecule is CCc1nnsc1C(=O)Nc1ccc(S(=O)(=O)Cl)c(C)c1. The first-order valence-electron chi connectivity index (χ1n) is 6.00. The highest BCUT2D eigenvalue weighted by molar-refractivity contribution is 8.13. The number of anilines is 1. The molecule has 112 valence electrons. The van der Waals surface area contributed by atoms with E-state index in [1.54, 1.807) is 13.0 Å². The molecule has 0 saturated heterocycles. The Morgan fingerprint density at radius 3 is 2.71 bits per heavy atom. The number of halogens is 1. The van der Waals surface area contributed by atoms with Crippen molar-refractivity contribution >= 4 is 42.9 Å². The van der Waals surface area contributed by atoms with Crippen LogP contribution in [0.4, 0.5) is 5.69 Å². The van der Waals surface area contributed by atoms with Gasteiger partial charge in [0.05, 0.1) is 10.6 Å². The first-order valence-corrected chi connectivity index (χ1v) is 9.09. The number of aromatic nitrogens is 2. The molecule has 0 aliphatic heterocycles. The van der Waals surface area contributed by atoms with E-state index in [0.717, 1.165) is 11.5 Å². The predicted octanol–water partition coefficient (Wildman–Crippen LogP) is 2.59.